The van der Waals surface area contributed by atoms with Crippen LogP contribution in [-0.2, 0) is 6.18 Å². The SMILES string of the molecule is CC(C)[C@@H](CO)Nc1nccc(/C(=C(/N)c2ccc(C(F)(F)F)cc2)N2C=CSC2I)n1. The van der Waals surface area contributed by atoms with Gasteiger partial charge in [0, 0.05) is 12.4 Å². The summed E-state index contributed by atoms with van der Waals surface area (Å²) in [7, 11) is 0. The Bertz CT molecular complexity index is 998. The van der Waals surface area contributed by atoms with Gasteiger partial charge in [-0.1, -0.05) is 37.7 Å². The monoisotopic (exact) mass is 577 g/mol. The van der Waals surface area contributed by atoms with Crippen LogP contribution in [-0.4, -0.2) is 36.0 Å². The minimum absolute atomic E-state index is 0.0113. The summed E-state index contributed by atoms with van der Waals surface area (Å²) in [5.41, 5.74) is 7.55. The first-order valence-corrected chi connectivity index (χ1v) is 11.9. The molecule has 32 heavy (non-hydrogen) atoms. The number of benzene rings is 1. The molecule has 0 aliphatic carbocycles. The van der Waals surface area contributed by atoms with Crippen LogP contribution in [0.2, 0.25) is 0 Å². The Morgan fingerprint density at radius 3 is 2.50 bits per heavy atom. The van der Waals surface area contributed by atoms with Gasteiger partial charge in [-0.3, -0.25) is 0 Å². The van der Waals surface area contributed by atoms with E-state index in [-0.39, 0.29) is 21.9 Å². The van der Waals surface area contributed by atoms with Crippen molar-refractivity contribution in [3.63, 3.8) is 0 Å². The molecule has 2 aromatic rings. The third-order valence-corrected chi connectivity index (χ3v) is 7.09. The van der Waals surface area contributed by atoms with Gasteiger partial charge in [0.05, 0.1) is 35.3 Å². The molecule has 1 aromatic carbocycles. The molecule has 1 aliphatic rings. The Kier molecular flexibility index (Phi) is 7.93. The summed E-state index contributed by atoms with van der Waals surface area (Å²) in [5, 5.41) is 14.6. The van der Waals surface area contributed by atoms with Gasteiger partial charge < -0.3 is 21.1 Å². The fourth-order valence-corrected chi connectivity index (χ4v) is 4.62. The third-order valence-electron chi connectivity index (χ3n) is 4.88. The maximum atomic E-state index is 13.0. The predicted octanol–water partition coefficient (Wildman–Crippen LogP) is 4.95. The van der Waals surface area contributed by atoms with Gasteiger partial charge >= 0.3 is 6.18 Å². The fourth-order valence-electron chi connectivity index (χ4n) is 3.01. The average molecular weight is 577 g/mol. The number of hydrogen-bond donors (Lipinski definition) is 3. The molecule has 0 saturated heterocycles. The van der Waals surface area contributed by atoms with Gasteiger partial charge in [-0.15, -0.1) is 0 Å². The van der Waals surface area contributed by atoms with Crippen molar-refractivity contribution in [2.45, 2.75) is 29.4 Å². The standard InChI is InChI=1S/C21H23F3IN5OS/c1-12(2)16(11-31)29-20-27-8-7-15(28-20)18(30-9-10-32-19(30)25)17(26)13-3-5-14(6-4-13)21(22,23)24/h3-10,12,16,19,31H,11,26H2,1-2H3,(H,27,28,29)/b18-17-/t16-,19?/m1/s1. The van der Waals surface area contributed by atoms with Crippen molar-refractivity contribution in [2.75, 3.05) is 11.9 Å². The average Bonchev–Trinajstić information content (AvgIpc) is 3.17. The lowest BCUT2D eigenvalue weighted by Gasteiger charge is -2.26. The Labute approximate surface area is 202 Å². The molecule has 4 N–H and O–H groups in total. The molecule has 2 heterocycles. The number of aliphatic hydroxyl groups excluding tert-OH is 1. The van der Waals surface area contributed by atoms with Crippen LogP contribution in [0, 0.1) is 5.92 Å². The van der Waals surface area contributed by atoms with E-state index >= 15 is 0 Å². The van der Waals surface area contributed by atoms with Crippen LogP contribution in [0.5, 0.6) is 0 Å². The zero-order valence-corrected chi connectivity index (χ0v) is 20.3. The Balaban J connectivity index is 2.06. The van der Waals surface area contributed by atoms with Crippen molar-refractivity contribution in [3.05, 3.63) is 65.0 Å². The molecule has 0 bridgehead atoms. The lowest BCUT2D eigenvalue weighted by Crippen LogP contribution is -2.30. The molecule has 0 saturated carbocycles. The summed E-state index contributed by atoms with van der Waals surface area (Å²) in [6, 6.07) is 6.20. The molecule has 6 nitrogen and oxygen atoms in total. The molecule has 1 unspecified atom stereocenters. The highest BCUT2D eigenvalue weighted by Gasteiger charge is 2.31. The molecule has 172 valence electrons. The molecular formula is C21H23F3IN5OS. The van der Waals surface area contributed by atoms with Crippen molar-refractivity contribution < 1.29 is 18.3 Å². The normalized spacial score (nSPS) is 18.1. The zero-order valence-electron chi connectivity index (χ0n) is 17.3. The van der Waals surface area contributed by atoms with Crippen LogP contribution in [0.25, 0.3) is 11.4 Å². The van der Waals surface area contributed by atoms with E-state index in [1.165, 1.54) is 12.1 Å². The van der Waals surface area contributed by atoms with Crippen molar-refractivity contribution in [1.82, 2.24) is 14.9 Å². The van der Waals surface area contributed by atoms with Crippen LogP contribution >= 0.6 is 34.4 Å². The van der Waals surface area contributed by atoms with Crippen LogP contribution in [0.15, 0.2) is 48.1 Å². The molecule has 0 radical (unpaired) electrons. The topological polar surface area (TPSA) is 87.3 Å². The highest BCUT2D eigenvalue weighted by atomic mass is 127. The number of nitrogens with two attached hydrogens (primary N) is 1. The summed E-state index contributed by atoms with van der Waals surface area (Å²) in [5.74, 6) is 0.477. The van der Waals surface area contributed by atoms with Gasteiger partial charge in [0.1, 0.15) is 3.38 Å². The summed E-state index contributed by atoms with van der Waals surface area (Å²) < 4.78 is 38.9. The second-order valence-corrected chi connectivity index (χ2v) is 10.4. The van der Waals surface area contributed by atoms with Gasteiger partial charge in [-0.05, 0) is 57.7 Å². The molecule has 0 fully saturated rings. The number of nitrogens with one attached hydrogen (secondary N) is 1. The summed E-state index contributed by atoms with van der Waals surface area (Å²) in [6.07, 6.45) is -0.989. The van der Waals surface area contributed by atoms with Gasteiger partial charge in [0.25, 0.3) is 0 Å². The van der Waals surface area contributed by atoms with Gasteiger partial charge in [-0.25, -0.2) is 9.97 Å². The summed E-state index contributed by atoms with van der Waals surface area (Å²) in [6.45, 7) is 3.86. The minimum atomic E-state index is -4.42. The van der Waals surface area contributed by atoms with E-state index in [4.69, 9.17) is 5.73 Å². The van der Waals surface area contributed by atoms with Crippen LogP contribution in [0.4, 0.5) is 19.1 Å². The number of thioether (sulfide) groups is 1. The number of aromatic nitrogens is 2. The number of anilines is 1. The van der Waals surface area contributed by atoms with E-state index in [2.05, 4.69) is 37.9 Å². The Hall–Kier alpha value is -1.99. The lowest BCUT2D eigenvalue weighted by atomic mass is 10.1. The second-order valence-electron chi connectivity index (χ2n) is 7.40. The van der Waals surface area contributed by atoms with Crippen molar-refractivity contribution in [1.29, 1.82) is 0 Å². The van der Waals surface area contributed by atoms with E-state index < -0.39 is 11.7 Å². The quantitative estimate of drug-likeness (QED) is 0.244. The smallest absolute Gasteiger partial charge is 0.396 e. The van der Waals surface area contributed by atoms with E-state index in [1.807, 2.05) is 30.4 Å². The Morgan fingerprint density at radius 2 is 1.97 bits per heavy atom. The molecule has 3 rings (SSSR count). The molecule has 2 atom stereocenters. The van der Waals surface area contributed by atoms with Gasteiger partial charge in [0.2, 0.25) is 5.95 Å². The number of hydrogen-bond acceptors (Lipinski definition) is 7. The first-order valence-electron chi connectivity index (χ1n) is 9.74. The number of aliphatic hydroxyl groups is 1. The lowest BCUT2D eigenvalue weighted by molar-refractivity contribution is -0.137. The fraction of sp³-hybridized carbons (Fsp3) is 0.333. The Morgan fingerprint density at radius 1 is 1.28 bits per heavy atom. The molecular weight excluding hydrogens is 554 g/mol. The predicted molar refractivity (Wildman–Crippen MR) is 130 cm³/mol. The highest BCUT2D eigenvalue weighted by Crippen LogP contribution is 2.39. The maximum absolute atomic E-state index is 13.0. The second kappa shape index (κ2) is 10.3. The van der Waals surface area contributed by atoms with Gasteiger partial charge in [-0.2, -0.15) is 13.2 Å². The molecule has 1 aliphatic heterocycles. The number of halogens is 4. The first kappa shape index (κ1) is 24.6. The third kappa shape index (κ3) is 5.67. The maximum Gasteiger partial charge on any atom is 0.416 e. The van der Waals surface area contributed by atoms with Crippen molar-refractivity contribution in [3.8, 4) is 0 Å². The number of nitrogens with zero attached hydrogens (tertiary/aromatic N) is 3. The summed E-state index contributed by atoms with van der Waals surface area (Å²) >= 11 is 3.81. The molecule has 11 heteroatoms. The molecule has 1 aromatic heterocycles. The van der Waals surface area contributed by atoms with E-state index in [0.717, 1.165) is 12.1 Å². The largest absolute Gasteiger partial charge is 0.416 e. The highest BCUT2D eigenvalue weighted by molar-refractivity contribution is 14.1. The van der Waals surface area contributed by atoms with E-state index in [0.29, 0.717) is 28.6 Å². The summed E-state index contributed by atoms with van der Waals surface area (Å²) in [4.78, 5) is 10.7. The van der Waals surface area contributed by atoms with Crippen LogP contribution in [0.3, 0.4) is 0 Å². The van der Waals surface area contributed by atoms with Crippen LogP contribution < -0.4 is 11.1 Å². The number of alkyl halides is 4. The molecule has 0 spiro atoms. The van der Waals surface area contributed by atoms with E-state index in [1.54, 1.807) is 24.0 Å². The van der Waals surface area contributed by atoms with Crippen LogP contribution in [0.1, 0.15) is 30.7 Å². The first-order chi connectivity index (χ1) is 15.1. The number of rotatable bonds is 7. The van der Waals surface area contributed by atoms with Crippen molar-refractivity contribution >= 4 is 51.7 Å². The van der Waals surface area contributed by atoms with Crippen molar-refractivity contribution in [2.24, 2.45) is 11.7 Å². The zero-order chi connectivity index (χ0) is 23.5. The van der Waals surface area contributed by atoms with E-state index in [9.17, 15) is 18.3 Å². The van der Waals surface area contributed by atoms with Gasteiger partial charge in [0.15, 0.2) is 0 Å². The molecule has 0 amide bonds. The minimum Gasteiger partial charge on any atom is -0.396 e.